The highest BCUT2D eigenvalue weighted by atomic mass is 79.9. The molecule has 1 heterocycles. The Labute approximate surface area is 165 Å². The van der Waals surface area contributed by atoms with Crippen LogP contribution in [0.4, 0.5) is 17.2 Å². The number of amides is 1. The van der Waals surface area contributed by atoms with Crippen molar-refractivity contribution in [2.45, 2.75) is 6.42 Å². The number of anilines is 3. The zero-order valence-electron chi connectivity index (χ0n) is 14.4. The van der Waals surface area contributed by atoms with E-state index in [-0.39, 0.29) is 18.1 Å². The molecular formula is C18H17BrN4O3S. The topological polar surface area (TPSA) is 101 Å². The SMILES string of the molecule is CS(=O)(=O)CCC(=O)Nc1ccc2ncnc(Nc3cccc(Br)c3)c2c1. The molecule has 0 bridgehead atoms. The molecule has 7 nitrogen and oxygen atoms in total. The van der Waals surface area contributed by atoms with Gasteiger partial charge < -0.3 is 10.6 Å². The van der Waals surface area contributed by atoms with Crippen molar-refractivity contribution in [3.8, 4) is 0 Å². The van der Waals surface area contributed by atoms with Crippen LogP contribution in [0, 0.1) is 0 Å². The van der Waals surface area contributed by atoms with Crippen LogP contribution in [0.15, 0.2) is 53.3 Å². The first-order valence-corrected chi connectivity index (χ1v) is 10.9. The van der Waals surface area contributed by atoms with Gasteiger partial charge in [0.25, 0.3) is 0 Å². The second-order valence-corrected chi connectivity index (χ2v) is 9.19. The standard InChI is InChI=1S/C18H17BrN4O3S/c1-27(25,26)8-7-17(24)22-14-5-6-16-15(10-14)18(21-11-20-16)23-13-4-2-3-12(19)9-13/h2-6,9-11H,7-8H2,1H3,(H,22,24)(H,20,21,23). The maximum atomic E-state index is 12.0. The van der Waals surface area contributed by atoms with Gasteiger partial charge in [0, 0.05) is 33.9 Å². The number of sulfone groups is 1. The van der Waals surface area contributed by atoms with E-state index >= 15 is 0 Å². The number of hydrogen-bond acceptors (Lipinski definition) is 6. The number of rotatable bonds is 6. The predicted octanol–water partition coefficient (Wildman–Crippen LogP) is 3.51. The third-order valence-corrected chi connectivity index (χ3v) is 5.15. The van der Waals surface area contributed by atoms with E-state index in [1.807, 2.05) is 24.3 Å². The summed E-state index contributed by atoms with van der Waals surface area (Å²) in [5, 5.41) is 6.69. The molecule has 1 amide bonds. The van der Waals surface area contributed by atoms with Gasteiger partial charge in [-0.3, -0.25) is 4.79 Å². The number of nitrogens with zero attached hydrogens (tertiary/aromatic N) is 2. The lowest BCUT2D eigenvalue weighted by atomic mass is 10.2. The van der Waals surface area contributed by atoms with Gasteiger partial charge >= 0.3 is 0 Å². The Balaban J connectivity index is 1.84. The summed E-state index contributed by atoms with van der Waals surface area (Å²) in [5.41, 5.74) is 2.12. The Morgan fingerprint density at radius 2 is 1.93 bits per heavy atom. The van der Waals surface area contributed by atoms with Crippen molar-refractivity contribution >= 4 is 59.8 Å². The van der Waals surface area contributed by atoms with E-state index in [0.717, 1.165) is 27.3 Å². The molecule has 0 atom stereocenters. The summed E-state index contributed by atoms with van der Waals surface area (Å²) in [4.78, 5) is 20.5. The Kier molecular flexibility index (Phi) is 5.71. The van der Waals surface area contributed by atoms with Gasteiger partial charge in [0.2, 0.25) is 5.91 Å². The lowest BCUT2D eigenvalue weighted by Gasteiger charge is -2.10. The maximum Gasteiger partial charge on any atom is 0.225 e. The summed E-state index contributed by atoms with van der Waals surface area (Å²) < 4.78 is 23.3. The number of aromatic nitrogens is 2. The predicted molar refractivity (Wildman–Crippen MR) is 110 cm³/mol. The van der Waals surface area contributed by atoms with Crippen LogP contribution in [0.3, 0.4) is 0 Å². The van der Waals surface area contributed by atoms with Crippen molar-refractivity contribution in [2.75, 3.05) is 22.6 Å². The zero-order chi connectivity index (χ0) is 19.4. The summed E-state index contributed by atoms with van der Waals surface area (Å²) in [5.74, 6) is 0.0500. The molecule has 0 saturated carbocycles. The Bertz CT molecular complexity index is 1100. The van der Waals surface area contributed by atoms with Gasteiger partial charge in [-0.25, -0.2) is 18.4 Å². The average Bonchev–Trinajstić information content (AvgIpc) is 2.60. The Morgan fingerprint density at radius 1 is 1.11 bits per heavy atom. The number of nitrogens with one attached hydrogen (secondary N) is 2. The van der Waals surface area contributed by atoms with E-state index in [1.165, 1.54) is 6.33 Å². The smallest absolute Gasteiger partial charge is 0.225 e. The maximum absolute atomic E-state index is 12.0. The van der Waals surface area contributed by atoms with E-state index in [0.29, 0.717) is 11.5 Å². The van der Waals surface area contributed by atoms with Crippen LogP contribution < -0.4 is 10.6 Å². The molecule has 3 aromatic rings. The Hall–Kier alpha value is -2.52. The number of carbonyl (C=O) groups excluding carboxylic acids is 1. The summed E-state index contributed by atoms with van der Waals surface area (Å²) in [7, 11) is -3.19. The molecular weight excluding hydrogens is 432 g/mol. The first-order valence-electron chi connectivity index (χ1n) is 8.05. The molecule has 0 unspecified atom stereocenters. The highest BCUT2D eigenvalue weighted by molar-refractivity contribution is 9.10. The molecule has 0 saturated heterocycles. The van der Waals surface area contributed by atoms with Crippen molar-refractivity contribution in [3.63, 3.8) is 0 Å². The van der Waals surface area contributed by atoms with Crippen LogP contribution >= 0.6 is 15.9 Å². The van der Waals surface area contributed by atoms with Crippen LogP contribution in [0.25, 0.3) is 10.9 Å². The minimum absolute atomic E-state index is 0.0920. The molecule has 0 spiro atoms. The van der Waals surface area contributed by atoms with E-state index < -0.39 is 9.84 Å². The van der Waals surface area contributed by atoms with Gasteiger partial charge in [-0.1, -0.05) is 22.0 Å². The van der Waals surface area contributed by atoms with E-state index in [2.05, 4.69) is 36.5 Å². The molecule has 3 rings (SSSR count). The lowest BCUT2D eigenvalue weighted by molar-refractivity contribution is -0.115. The molecule has 2 aromatic carbocycles. The van der Waals surface area contributed by atoms with Crippen molar-refractivity contribution < 1.29 is 13.2 Å². The van der Waals surface area contributed by atoms with Crippen molar-refractivity contribution in [1.82, 2.24) is 9.97 Å². The number of carbonyl (C=O) groups is 1. The third-order valence-electron chi connectivity index (χ3n) is 3.71. The molecule has 2 N–H and O–H groups in total. The summed E-state index contributed by atoms with van der Waals surface area (Å²) >= 11 is 3.43. The van der Waals surface area contributed by atoms with E-state index in [9.17, 15) is 13.2 Å². The lowest BCUT2D eigenvalue weighted by Crippen LogP contribution is -2.16. The van der Waals surface area contributed by atoms with Gasteiger partial charge in [-0.2, -0.15) is 0 Å². The fourth-order valence-corrected chi connectivity index (χ4v) is 3.39. The average molecular weight is 449 g/mol. The highest BCUT2D eigenvalue weighted by Gasteiger charge is 2.10. The molecule has 1 aromatic heterocycles. The van der Waals surface area contributed by atoms with E-state index in [4.69, 9.17) is 0 Å². The largest absolute Gasteiger partial charge is 0.340 e. The normalized spacial score (nSPS) is 11.3. The quantitative estimate of drug-likeness (QED) is 0.598. The summed E-state index contributed by atoms with van der Waals surface area (Å²) in [6.45, 7) is 0. The minimum atomic E-state index is -3.19. The summed E-state index contributed by atoms with van der Waals surface area (Å²) in [6.07, 6.45) is 2.48. The van der Waals surface area contributed by atoms with Crippen molar-refractivity contribution in [2.24, 2.45) is 0 Å². The van der Waals surface area contributed by atoms with Crippen LogP contribution in [0.5, 0.6) is 0 Å². The third kappa shape index (κ3) is 5.48. The number of hydrogen-bond donors (Lipinski definition) is 2. The fraction of sp³-hybridized carbons (Fsp3) is 0.167. The van der Waals surface area contributed by atoms with E-state index in [1.54, 1.807) is 18.2 Å². The molecule has 9 heteroatoms. The number of halogens is 1. The fourth-order valence-electron chi connectivity index (χ4n) is 2.44. The molecule has 0 aliphatic heterocycles. The monoisotopic (exact) mass is 448 g/mol. The van der Waals surface area contributed by atoms with Gasteiger partial charge in [0.1, 0.15) is 22.0 Å². The first-order chi connectivity index (χ1) is 12.8. The van der Waals surface area contributed by atoms with Crippen molar-refractivity contribution in [1.29, 1.82) is 0 Å². The zero-order valence-corrected chi connectivity index (χ0v) is 16.8. The highest BCUT2D eigenvalue weighted by Crippen LogP contribution is 2.27. The van der Waals surface area contributed by atoms with Gasteiger partial charge in [-0.15, -0.1) is 0 Å². The second-order valence-electron chi connectivity index (χ2n) is 6.02. The van der Waals surface area contributed by atoms with Gasteiger partial charge in [0.15, 0.2) is 0 Å². The van der Waals surface area contributed by atoms with Gasteiger partial charge in [-0.05, 0) is 36.4 Å². The molecule has 0 radical (unpaired) electrons. The van der Waals surface area contributed by atoms with Crippen LogP contribution in [-0.4, -0.2) is 36.3 Å². The molecule has 140 valence electrons. The van der Waals surface area contributed by atoms with Crippen LogP contribution in [0.1, 0.15) is 6.42 Å². The molecule has 0 aliphatic carbocycles. The van der Waals surface area contributed by atoms with Crippen molar-refractivity contribution in [3.05, 3.63) is 53.3 Å². The first kappa shape index (κ1) is 19.2. The molecule has 0 fully saturated rings. The minimum Gasteiger partial charge on any atom is -0.340 e. The molecule has 0 aliphatic rings. The van der Waals surface area contributed by atoms with Crippen LogP contribution in [-0.2, 0) is 14.6 Å². The summed E-state index contributed by atoms with van der Waals surface area (Å²) in [6, 6.07) is 12.9. The Morgan fingerprint density at radius 3 is 2.67 bits per heavy atom. The molecule has 27 heavy (non-hydrogen) atoms. The van der Waals surface area contributed by atoms with Gasteiger partial charge in [0.05, 0.1) is 11.3 Å². The number of benzene rings is 2. The number of fused-ring (bicyclic) bond motifs is 1. The van der Waals surface area contributed by atoms with Crippen LogP contribution in [0.2, 0.25) is 0 Å². The second kappa shape index (κ2) is 8.01.